The zero-order chi connectivity index (χ0) is 26.1. The molecule has 2 aromatic carbocycles. The summed E-state index contributed by atoms with van der Waals surface area (Å²) in [6.07, 6.45) is 1.10. The molecule has 0 saturated carbocycles. The fourth-order valence-corrected chi connectivity index (χ4v) is 7.54. The minimum Gasteiger partial charge on any atom is -0.325 e. The van der Waals surface area contributed by atoms with Gasteiger partial charge in [-0.25, -0.2) is 18.0 Å². The number of imide groups is 1. The van der Waals surface area contributed by atoms with Crippen LogP contribution in [0.15, 0.2) is 47.3 Å². The van der Waals surface area contributed by atoms with Gasteiger partial charge in [0.15, 0.2) is 9.84 Å². The number of amides is 4. The number of aromatic nitrogens is 2. The van der Waals surface area contributed by atoms with Gasteiger partial charge in [0.2, 0.25) is 5.91 Å². The van der Waals surface area contributed by atoms with Crippen LogP contribution in [0.1, 0.15) is 23.6 Å². The summed E-state index contributed by atoms with van der Waals surface area (Å²) in [5, 5.41) is 5.19. The van der Waals surface area contributed by atoms with Crippen LogP contribution in [-0.4, -0.2) is 64.4 Å². The number of sulfone groups is 1. The molecule has 2 fully saturated rings. The maximum Gasteiger partial charge on any atom is 0.329 e. The highest BCUT2D eigenvalue weighted by atomic mass is 32.2. The molecule has 1 aromatic heterocycles. The van der Waals surface area contributed by atoms with Crippen LogP contribution in [0.4, 0.5) is 10.5 Å². The van der Waals surface area contributed by atoms with Gasteiger partial charge in [0.05, 0.1) is 28.6 Å². The van der Waals surface area contributed by atoms with Crippen LogP contribution in [0.5, 0.6) is 0 Å². The number of fused-ring (bicyclic) bond motifs is 2. The van der Waals surface area contributed by atoms with Crippen LogP contribution in [0.2, 0.25) is 0 Å². The molecule has 4 amide bonds. The predicted molar refractivity (Wildman–Crippen MR) is 135 cm³/mol. The number of rotatable bonds is 4. The van der Waals surface area contributed by atoms with E-state index in [0.717, 1.165) is 11.1 Å². The van der Waals surface area contributed by atoms with E-state index in [4.69, 9.17) is 0 Å². The van der Waals surface area contributed by atoms with Crippen molar-refractivity contribution in [3.63, 3.8) is 0 Å². The van der Waals surface area contributed by atoms with Crippen molar-refractivity contribution >= 4 is 44.4 Å². The van der Waals surface area contributed by atoms with E-state index in [1.807, 2.05) is 6.07 Å². The standard InChI is InChI=1S/C25H25N5O6S/c1-28-23(33)27-22(32)25(28)11-15-6-7-17(10-16(15)12-25)26-21(31)13-29-19-4-2-3-5-20(19)30(24(29)34)18-8-9-37(35,36)14-18/h2-7,10,18H,8-9,11-14H2,1H3,(H,26,31)(H,27,32,33)/t18?,25-/m1/s1. The Bertz CT molecular complexity index is 1670. The third-order valence-corrected chi connectivity index (χ3v) is 9.54. The first-order chi connectivity index (χ1) is 17.6. The van der Waals surface area contributed by atoms with Crippen molar-refractivity contribution < 1.29 is 22.8 Å². The Morgan fingerprint density at radius 1 is 1.08 bits per heavy atom. The number of urea groups is 1. The number of hydrogen-bond acceptors (Lipinski definition) is 6. The Hall–Kier alpha value is -3.93. The van der Waals surface area contributed by atoms with Crippen LogP contribution in [0, 0.1) is 0 Å². The number of nitrogens with one attached hydrogen (secondary N) is 2. The maximum atomic E-state index is 13.3. The molecule has 37 heavy (non-hydrogen) atoms. The molecule has 0 radical (unpaired) electrons. The minimum absolute atomic E-state index is 0.0370. The van der Waals surface area contributed by atoms with E-state index in [9.17, 15) is 27.6 Å². The molecule has 2 saturated heterocycles. The summed E-state index contributed by atoms with van der Waals surface area (Å²) in [5.41, 5.74) is 2.10. The molecule has 0 bridgehead atoms. The Labute approximate surface area is 212 Å². The molecule has 6 rings (SSSR count). The molecule has 2 aliphatic heterocycles. The van der Waals surface area contributed by atoms with Gasteiger partial charge in [-0.1, -0.05) is 18.2 Å². The Morgan fingerprint density at radius 2 is 1.81 bits per heavy atom. The van der Waals surface area contributed by atoms with Gasteiger partial charge >= 0.3 is 11.7 Å². The van der Waals surface area contributed by atoms with Crippen molar-refractivity contribution in [3.8, 4) is 0 Å². The number of imidazole rings is 1. The summed E-state index contributed by atoms with van der Waals surface area (Å²) in [6.45, 7) is -0.244. The number of likely N-dealkylation sites (N-methyl/N-ethyl adjacent to an activating group) is 1. The highest BCUT2D eigenvalue weighted by Crippen LogP contribution is 2.38. The topological polar surface area (TPSA) is 140 Å². The molecule has 2 atom stereocenters. The van der Waals surface area contributed by atoms with Crippen molar-refractivity contribution in [2.45, 2.75) is 37.4 Å². The fraction of sp³-hybridized carbons (Fsp3) is 0.360. The van der Waals surface area contributed by atoms with Gasteiger partial charge in [0.1, 0.15) is 12.1 Å². The smallest absolute Gasteiger partial charge is 0.325 e. The van der Waals surface area contributed by atoms with Gasteiger partial charge in [0, 0.05) is 25.6 Å². The van der Waals surface area contributed by atoms with Crippen molar-refractivity contribution in [1.82, 2.24) is 19.4 Å². The zero-order valence-corrected chi connectivity index (χ0v) is 20.9. The summed E-state index contributed by atoms with van der Waals surface area (Å²) >= 11 is 0. The van der Waals surface area contributed by atoms with Crippen LogP contribution < -0.4 is 16.3 Å². The second kappa shape index (κ2) is 8.04. The van der Waals surface area contributed by atoms with E-state index in [-0.39, 0.29) is 24.0 Å². The van der Waals surface area contributed by atoms with E-state index >= 15 is 0 Å². The van der Waals surface area contributed by atoms with Crippen molar-refractivity contribution in [3.05, 3.63) is 64.1 Å². The molecular weight excluding hydrogens is 498 g/mol. The molecular formula is C25H25N5O6S. The lowest BCUT2D eigenvalue weighted by molar-refractivity contribution is -0.125. The third kappa shape index (κ3) is 3.66. The van der Waals surface area contributed by atoms with Crippen molar-refractivity contribution in [2.75, 3.05) is 23.9 Å². The highest BCUT2D eigenvalue weighted by molar-refractivity contribution is 7.91. The molecule has 3 heterocycles. The van der Waals surface area contributed by atoms with Gasteiger partial charge in [0.25, 0.3) is 5.91 Å². The molecule has 192 valence electrons. The summed E-state index contributed by atoms with van der Waals surface area (Å²) in [4.78, 5) is 52.3. The number of para-hydroxylation sites is 2. The predicted octanol–water partition coefficient (Wildman–Crippen LogP) is 0.820. The number of carbonyl (C=O) groups is 3. The lowest BCUT2D eigenvalue weighted by Crippen LogP contribution is -2.48. The van der Waals surface area contributed by atoms with E-state index < -0.39 is 39.0 Å². The first-order valence-corrected chi connectivity index (χ1v) is 13.8. The molecule has 1 spiro atoms. The molecule has 1 unspecified atom stereocenters. The average molecular weight is 524 g/mol. The summed E-state index contributed by atoms with van der Waals surface area (Å²) < 4.78 is 26.9. The van der Waals surface area contributed by atoms with E-state index in [1.165, 1.54) is 14.0 Å². The lowest BCUT2D eigenvalue weighted by atomic mass is 9.95. The normalized spacial score (nSPS) is 24.1. The van der Waals surface area contributed by atoms with Crippen molar-refractivity contribution in [1.29, 1.82) is 0 Å². The number of benzene rings is 2. The molecule has 12 heteroatoms. The largest absolute Gasteiger partial charge is 0.329 e. The van der Waals surface area contributed by atoms with Gasteiger partial charge in [-0.15, -0.1) is 0 Å². The lowest BCUT2D eigenvalue weighted by Gasteiger charge is -2.27. The summed E-state index contributed by atoms with van der Waals surface area (Å²) in [6, 6.07) is 11.5. The zero-order valence-electron chi connectivity index (χ0n) is 20.1. The van der Waals surface area contributed by atoms with Gasteiger partial charge in [-0.05, 0) is 41.8 Å². The molecule has 3 aliphatic rings. The van der Waals surface area contributed by atoms with Crippen LogP contribution in [-0.2, 0) is 38.8 Å². The maximum absolute atomic E-state index is 13.3. The summed E-state index contributed by atoms with van der Waals surface area (Å²) in [7, 11) is -1.60. The monoisotopic (exact) mass is 523 g/mol. The Morgan fingerprint density at radius 3 is 2.49 bits per heavy atom. The number of carbonyl (C=O) groups excluding carboxylic acids is 3. The molecule has 2 N–H and O–H groups in total. The second-order valence-corrected chi connectivity index (χ2v) is 12.2. The summed E-state index contributed by atoms with van der Waals surface area (Å²) in [5.74, 6) is -0.798. The quantitative estimate of drug-likeness (QED) is 0.486. The average Bonchev–Trinajstić information content (AvgIpc) is 3.54. The first kappa shape index (κ1) is 23.5. The Kier molecular flexibility index (Phi) is 5.10. The molecule has 11 nitrogen and oxygen atoms in total. The number of hydrogen-bond donors (Lipinski definition) is 2. The minimum atomic E-state index is -3.20. The van der Waals surface area contributed by atoms with Crippen LogP contribution in [0.3, 0.4) is 0 Å². The molecule has 1 aliphatic carbocycles. The fourth-order valence-electron chi connectivity index (χ4n) is 5.84. The van der Waals surface area contributed by atoms with Crippen LogP contribution in [0.25, 0.3) is 11.0 Å². The number of nitrogens with zero attached hydrogens (tertiary/aromatic N) is 3. The Balaban J connectivity index is 1.25. The van der Waals surface area contributed by atoms with Gasteiger partial charge in [-0.3, -0.25) is 24.0 Å². The van der Waals surface area contributed by atoms with Gasteiger partial charge < -0.3 is 10.2 Å². The SMILES string of the molecule is CN1C(=O)NC(=O)[C@]12Cc1ccc(NC(=O)Cn3c(=O)n(C4CCS(=O)(=O)C4)c4ccccc43)cc1C2. The third-order valence-electron chi connectivity index (χ3n) is 7.79. The van der Waals surface area contributed by atoms with E-state index in [2.05, 4.69) is 10.6 Å². The first-order valence-electron chi connectivity index (χ1n) is 12.0. The second-order valence-electron chi connectivity index (χ2n) is 10.0. The highest BCUT2D eigenvalue weighted by Gasteiger charge is 2.54. The van der Waals surface area contributed by atoms with E-state index in [0.29, 0.717) is 36.0 Å². The van der Waals surface area contributed by atoms with E-state index in [1.54, 1.807) is 43.4 Å². The molecule has 3 aromatic rings. The van der Waals surface area contributed by atoms with Crippen LogP contribution >= 0.6 is 0 Å². The number of anilines is 1. The van der Waals surface area contributed by atoms with Crippen molar-refractivity contribution in [2.24, 2.45) is 0 Å². The van der Waals surface area contributed by atoms with Gasteiger partial charge in [-0.2, -0.15) is 0 Å².